The lowest BCUT2D eigenvalue weighted by Crippen LogP contribution is -2.49. The molecule has 1 aliphatic rings. The van der Waals surface area contributed by atoms with Crippen molar-refractivity contribution in [3.8, 4) is 11.3 Å². The number of likely N-dealkylation sites (N-methyl/N-ethyl adjacent to an activating group) is 1. The number of amides is 1. The van der Waals surface area contributed by atoms with Gasteiger partial charge in [0.2, 0.25) is 5.91 Å². The van der Waals surface area contributed by atoms with Crippen LogP contribution in [0.4, 0.5) is 4.39 Å². The Morgan fingerprint density at radius 2 is 1.79 bits per heavy atom. The van der Waals surface area contributed by atoms with Gasteiger partial charge in [0.05, 0.1) is 11.6 Å². The van der Waals surface area contributed by atoms with Crippen molar-refractivity contribution >= 4 is 5.91 Å². The normalized spacial score (nSPS) is 17.4. The molecule has 1 saturated heterocycles. The van der Waals surface area contributed by atoms with E-state index in [1.54, 1.807) is 24.3 Å². The predicted molar refractivity (Wildman–Crippen MR) is 111 cm³/mol. The van der Waals surface area contributed by atoms with Crippen molar-refractivity contribution in [2.45, 2.75) is 18.9 Å². The van der Waals surface area contributed by atoms with E-state index in [1.165, 1.54) is 6.07 Å². The van der Waals surface area contributed by atoms with Gasteiger partial charge in [0, 0.05) is 32.5 Å². The van der Waals surface area contributed by atoms with Crippen LogP contribution >= 0.6 is 0 Å². The third-order valence-electron chi connectivity index (χ3n) is 5.47. The number of hydrogen-bond acceptors (Lipinski definition) is 3. The molecule has 1 aromatic heterocycles. The molecule has 0 saturated carbocycles. The molecule has 2 heterocycles. The maximum Gasteiger partial charge on any atom is 0.223 e. The largest absolute Gasteiger partial charge is 0.461 e. The Labute approximate surface area is 170 Å². The van der Waals surface area contributed by atoms with E-state index < -0.39 is 0 Å². The van der Waals surface area contributed by atoms with E-state index in [2.05, 4.69) is 24.1 Å². The van der Waals surface area contributed by atoms with Crippen LogP contribution in [0.2, 0.25) is 0 Å². The summed E-state index contributed by atoms with van der Waals surface area (Å²) in [5.74, 6) is 0.998. The number of nitrogens with zero attached hydrogens (tertiary/aromatic N) is 2. The zero-order valence-electron chi connectivity index (χ0n) is 16.6. The summed E-state index contributed by atoms with van der Waals surface area (Å²) in [6, 6.07) is 20.4. The number of carbonyl (C=O) groups excluding carboxylic acids is 1. The lowest BCUT2D eigenvalue weighted by atomic mass is 10.0. The highest BCUT2D eigenvalue weighted by Crippen LogP contribution is 2.27. The summed E-state index contributed by atoms with van der Waals surface area (Å²) in [6.45, 7) is 2.41. The number of benzene rings is 2. The molecule has 1 fully saturated rings. The van der Waals surface area contributed by atoms with Gasteiger partial charge in [0.1, 0.15) is 17.3 Å². The zero-order valence-corrected chi connectivity index (χ0v) is 16.6. The van der Waals surface area contributed by atoms with Crippen LogP contribution in [0.5, 0.6) is 0 Å². The van der Waals surface area contributed by atoms with Crippen LogP contribution < -0.4 is 0 Å². The number of halogens is 1. The summed E-state index contributed by atoms with van der Waals surface area (Å²) in [4.78, 5) is 17.2. The fourth-order valence-corrected chi connectivity index (χ4v) is 3.87. The van der Waals surface area contributed by atoms with Gasteiger partial charge in [-0.15, -0.1) is 0 Å². The van der Waals surface area contributed by atoms with Crippen molar-refractivity contribution in [3.05, 3.63) is 83.9 Å². The lowest BCUT2D eigenvalue weighted by molar-refractivity contribution is -0.136. The van der Waals surface area contributed by atoms with Gasteiger partial charge in [-0.2, -0.15) is 0 Å². The molecular weight excluding hydrogens is 367 g/mol. The number of carbonyl (C=O) groups is 1. The maximum absolute atomic E-state index is 14.0. The summed E-state index contributed by atoms with van der Waals surface area (Å²) in [6.07, 6.45) is 0.873. The molecule has 5 heteroatoms. The van der Waals surface area contributed by atoms with Crippen molar-refractivity contribution in [2.75, 3.05) is 26.7 Å². The van der Waals surface area contributed by atoms with E-state index in [4.69, 9.17) is 4.42 Å². The van der Waals surface area contributed by atoms with Crippen LogP contribution in [0.15, 0.2) is 71.1 Å². The van der Waals surface area contributed by atoms with E-state index in [0.29, 0.717) is 36.5 Å². The Hall–Kier alpha value is -2.92. The molecule has 29 heavy (non-hydrogen) atoms. The lowest BCUT2D eigenvalue weighted by Gasteiger charge is -2.40. The zero-order chi connectivity index (χ0) is 20.2. The minimum atomic E-state index is -0.312. The van der Waals surface area contributed by atoms with E-state index in [0.717, 1.165) is 18.7 Å². The van der Waals surface area contributed by atoms with E-state index in [-0.39, 0.29) is 17.8 Å². The Balaban J connectivity index is 1.43. The fraction of sp³-hybridized carbons (Fsp3) is 0.292. The molecule has 0 spiro atoms. The molecule has 1 amide bonds. The minimum Gasteiger partial charge on any atom is -0.461 e. The Bertz CT molecular complexity index is 970. The predicted octanol–water partition coefficient (Wildman–Crippen LogP) is 4.53. The van der Waals surface area contributed by atoms with E-state index in [1.807, 2.05) is 29.2 Å². The molecular formula is C24H25FN2O2. The van der Waals surface area contributed by atoms with Gasteiger partial charge in [-0.25, -0.2) is 4.39 Å². The second kappa shape index (κ2) is 8.62. The number of furan rings is 1. The highest BCUT2D eigenvalue weighted by atomic mass is 19.1. The Morgan fingerprint density at radius 3 is 2.59 bits per heavy atom. The Morgan fingerprint density at radius 1 is 1.03 bits per heavy atom. The molecule has 0 N–H and O–H groups in total. The second-order valence-electron chi connectivity index (χ2n) is 7.52. The maximum atomic E-state index is 14.0. The Kier molecular flexibility index (Phi) is 5.76. The molecule has 1 aliphatic heterocycles. The molecule has 4 rings (SSSR count). The molecule has 1 unspecified atom stereocenters. The van der Waals surface area contributed by atoms with Crippen LogP contribution in [0.3, 0.4) is 0 Å². The highest BCUT2D eigenvalue weighted by molar-refractivity contribution is 5.77. The van der Waals surface area contributed by atoms with Gasteiger partial charge in [-0.3, -0.25) is 4.79 Å². The average molecular weight is 392 g/mol. The van der Waals surface area contributed by atoms with E-state index >= 15 is 0 Å². The summed E-state index contributed by atoms with van der Waals surface area (Å²) < 4.78 is 19.8. The van der Waals surface area contributed by atoms with Gasteiger partial charge in [-0.05, 0) is 36.9 Å². The summed E-state index contributed by atoms with van der Waals surface area (Å²) in [7, 11) is 2.09. The fourth-order valence-electron chi connectivity index (χ4n) is 3.87. The van der Waals surface area contributed by atoms with Crippen LogP contribution in [0.1, 0.15) is 23.8 Å². The molecule has 150 valence electrons. The summed E-state index contributed by atoms with van der Waals surface area (Å²) >= 11 is 0. The minimum absolute atomic E-state index is 0.0630. The number of aryl methyl sites for hydroxylation is 1. The number of rotatable bonds is 5. The first-order valence-corrected chi connectivity index (χ1v) is 9.98. The summed E-state index contributed by atoms with van der Waals surface area (Å²) in [5, 5.41) is 0. The quantitative estimate of drug-likeness (QED) is 0.640. The van der Waals surface area contributed by atoms with Crippen molar-refractivity contribution in [1.29, 1.82) is 0 Å². The van der Waals surface area contributed by atoms with Gasteiger partial charge in [-0.1, -0.05) is 42.5 Å². The van der Waals surface area contributed by atoms with Gasteiger partial charge < -0.3 is 14.2 Å². The third-order valence-corrected chi connectivity index (χ3v) is 5.47. The van der Waals surface area contributed by atoms with E-state index in [9.17, 15) is 9.18 Å². The van der Waals surface area contributed by atoms with Crippen LogP contribution in [0.25, 0.3) is 11.3 Å². The van der Waals surface area contributed by atoms with Crippen LogP contribution in [-0.4, -0.2) is 42.4 Å². The van der Waals surface area contributed by atoms with Crippen molar-refractivity contribution in [3.63, 3.8) is 0 Å². The molecule has 0 bridgehead atoms. The standard InChI is InChI=1S/C24H25FN2O2/c1-26-15-16-27(22(17-26)18-7-3-2-4-8-18)24(28)14-12-19-11-13-23(29-19)20-9-5-6-10-21(20)25/h2-11,13,22H,12,14-17H2,1H3. The van der Waals surface area contributed by atoms with Gasteiger partial charge in [0.25, 0.3) is 0 Å². The molecule has 0 aliphatic carbocycles. The smallest absolute Gasteiger partial charge is 0.223 e. The first-order valence-electron chi connectivity index (χ1n) is 9.98. The number of piperazine rings is 1. The molecule has 4 nitrogen and oxygen atoms in total. The van der Waals surface area contributed by atoms with Gasteiger partial charge >= 0.3 is 0 Å². The van der Waals surface area contributed by atoms with Gasteiger partial charge in [0.15, 0.2) is 0 Å². The monoisotopic (exact) mass is 392 g/mol. The third kappa shape index (κ3) is 4.40. The first kappa shape index (κ1) is 19.4. The van der Waals surface area contributed by atoms with Crippen LogP contribution in [-0.2, 0) is 11.2 Å². The second-order valence-corrected chi connectivity index (χ2v) is 7.52. The van der Waals surface area contributed by atoms with Crippen LogP contribution in [0, 0.1) is 5.82 Å². The molecule has 2 aromatic carbocycles. The van der Waals surface area contributed by atoms with Crippen molar-refractivity contribution < 1.29 is 13.6 Å². The number of hydrogen-bond donors (Lipinski definition) is 0. The topological polar surface area (TPSA) is 36.7 Å². The average Bonchev–Trinajstić information content (AvgIpc) is 3.22. The molecule has 3 aromatic rings. The molecule has 0 radical (unpaired) electrons. The highest BCUT2D eigenvalue weighted by Gasteiger charge is 2.29. The van der Waals surface area contributed by atoms with Crippen molar-refractivity contribution in [1.82, 2.24) is 9.80 Å². The molecule has 1 atom stereocenters. The SMILES string of the molecule is CN1CCN(C(=O)CCc2ccc(-c3ccccc3F)o2)C(c2ccccc2)C1. The first-order chi connectivity index (χ1) is 14.1. The van der Waals surface area contributed by atoms with Crippen molar-refractivity contribution in [2.24, 2.45) is 0 Å². The summed E-state index contributed by atoms with van der Waals surface area (Å²) in [5.41, 5.74) is 1.60.